The van der Waals surface area contributed by atoms with Crippen molar-refractivity contribution in [1.82, 2.24) is 9.97 Å². The maximum Gasteiger partial charge on any atom is 0.118 e. The zero-order valence-electron chi connectivity index (χ0n) is 9.53. The van der Waals surface area contributed by atoms with E-state index in [1.165, 1.54) is 0 Å². The van der Waals surface area contributed by atoms with Crippen LogP contribution in [0.2, 0.25) is 0 Å². The second kappa shape index (κ2) is 4.63. The van der Waals surface area contributed by atoms with Gasteiger partial charge in [-0.3, -0.25) is 4.98 Å². The van der Waals surface area contributed by atoms with Crippen molar-refractivity contribution < 1.29 is 0 Å². The lowest BCUT2D eigenvalue weighted by atomic mass is 9.92. The van der Waals surface area contributed by atoms with E-state index in [4.69, 9.17) is 5.26 Å². The van der Waals surface area contributed by atoms with E-state index in [2.05, 4.69) is 23.0 Å². The van der Waals surface area contributed by atoms with Crippen LogP contribution < -0.4 is 0 Å². The minimum absolute atomic E-state index is 0.566. The summed E-state index contributed by atoms with van der Waals surface area (Å²) in [6.07, 6.45) is 1.69. The molecule has 1 heterocycles. The summed E-state index contributed by atoms with van der Waals surface area (Å²) < 4.78 is 0. The molecule has 0 N–H and O–H groups in total. The zero-order valence-corrected chi connectivity index (χ0v) is 10.4. The van der Waals surface area contributed by atoms with Crippen molar-refractivity contribution in [3.8, 4) is 6.07 Å². The van der Waals surface area contributed by atoms with Gasteiger partial charge in [-0.05, 0) is 26.5 Å². The summed E-state index contributed by atoms with van der Waals surface area (Å²) in [6.45, 7) is 7.72. The molecule has 0 aliphatic carbocycles. The van der Waals surface area contributed by atoms with Crippen LogP contribution in [-0.4, -0.2) is 15.7 Å². The van der Waals surface area contributed by atoms with Crippen molar-refractivity contribution in [3.63, 3.8) is 0 Å². The number of thioether (sulfide) groups is 1. The zero-order chi connectivity index (χ0) is 11.5. The number of aromatic nitrogens is 2. The highest BCUT2D eigenvalue weighted by molar-refractivity contribution is 7.99. The quantitative estimate of drug-likeness (QED) is 0.736. The highest BCUT2D eigenvalue weighted by atomic mass is 32.2. The average Bonchev–Trinajstić information content (AvgIpc) is 2.21. The van der Waals surface area contributed by atoms with Crippen molar-refractivity contribution in [2.75, 3.05) is 5.75 Å². The van der Waals surface area contributed by atoms with Crippen LogP contribution in [0.5, 0.6) is 0 Å². The van der Waals surface area contributed by atoms with Crippen LogP contribution in [0.1, 0.15) is 32.2 Å². The molecule has 0 aliphatic heterocycles. The van der Waals surface area contributed by atoms with E-state index in [0.717, 1.165) is 22.2 Å². The summed E-state index contributed by atoms with van der Waals surface area (Å²) in [5, 5.41) is 9.94. The molecule has 0 fully saturated rings. The molecule has 0 saturated carbocycles. The third kappa shape index (κ3) is 2.69. The Kier molecular flexibility index (Phi) is 3.70. The summed E-state index contributed by atoms with van der Waals surface area (Å²) in [4.78, 5) is 8.76. The maximum atomic E-state index is 9.01. The Morgan fingerprint density at radius 2 is 2.20 bits per heavy atom. The van der Waals surface area contributed by atoms with Crippen LogP contribution in [0.25, 0.3) is 0 Å². The van der Waals surface area contributed by atoms with Crippen LogP contribution in [0.3, 0.4) is 0 Å². The molecule has 80 valence electrons. The van der Waals surface area contributed by atoms with Gasteiger partial charge in [0.1, 0.15) is 5.03 Å². The average molecular weight is 221 g/mol. The Morgan fingerprint density at radius 1 is 1.53 bits per heavy atom. The highest BCUT2D eigenvalue weighted by Crippen LogP contribution is 2.24. The third-order valence-corrected chi connectivity index (χ3v) is 3.06. The fourth-order valence-electron chi connectivity index (χ4n) is 1.06. The fraction of sp³-hybridized carbons (Fsp3) is 0.545. The molecule has 0 saturated heterocycles. The number of nitrogens with zero attached hydrogens (tertiary/aromatic N) is 3. The third-order valence-electron chi connectivity index (χ3n) is 2.11. The van der Waals surface area contributed by atoms with E-state index in [9.17, 15) is 0 Å². The smallest absolute Gasteiger partial charge is 0.118 e. The number of rotatable bonds is 3. The number of hydrogen-bond donors (Lipinski definition) is 0. The minimum Gasteiger partial charge on any atom is -0.257 e. The van der Waals surface area contributed by atoms with Crippen LogP contribution in [0.4, 0.5) is 0 Å². The van der Waals surface area contributed by atoms with Crippen molar-refractivity contribution in [1.29, 1.82) is 5.26 Å². The molecular weight excluding hydrogens is 206 g/mol. The first-order valence-electron chi connectivity index (χ1n) is 4.89. The summed E-state index contributed by atoms with van der Waals surface area (Å²) >= 11 is 1.66. The standard InChI is InChI=1S/C11H15N3S/c1-5-15-10-8(2)13-6-9(14-10)11(3,4)7-12/h6H,5H2,1-4H3. The monoisotopic (exact) mass is 221 g/mol. The van der Waals surface area contributed by atoms with Gasteiger partial charge in [-0.25, -0.2) is 4.98 Å². The Morgan fingerprint density at radius 3 is 2.73 bits per heavy atom. The van der Waals surface area contributed by atoms with E-state index >= 15 is 0 Å². The Bertz CT molecular complexity index is 393. The molecule has 0 aliphatic rings. The van der Waals surface area contributed by atoms with Gasteiger partial charge in [0.2, 0.25) is 0 Å². The van der Waals surface area contributed by atoms with Crippen molar-refractivity contribution in [2.45, 2.75) is 38.1 Å². The Hall–Kier alpha value is -1.08. The van der Waals surface area contributed by atoms with Gasteiger partial charge in [0, 0.05) is 0 Å². The molecule has 0 spiro atoms. The van der Waals surface area contributed by atoms with Gasteiger partial charge in [0.05, 0.1) is 29.1 Å². The second-order valence-electron chi connectivity index (χ2n) is 3.82. The van der Waals surface area contributed by atoms with Gasteiger partial charge in [0.25, 0.3) is 0 Å². The molecule has 0 amide bonds. The van der Waals surface area contributed by atoms with Gasteiger partial charge in [-0.2, -0.15) is 5.26 Å². The van der Waals surface area contributed by atoms with E-state index < -0.39 is 5.41 Å². The number of nitriles is 1. The van der Waals surface area contributed by atoms with Crippen LogP contribution >= 0.6 is 11.8 Å². The number of aryl methyl sites for hydroxylation is 1. The molecule has 0 unspecified atom stereocenters. The molecular formula is C11H15N3S. The van der Waals surface area contributed by atoms with Gasteiger partial charge in [0.15, 0.2) is 0 Å². The lowest BCUT2D eigenvalue weighted by molar-refractivity contribution is 0.641. The molecule has 0 bridgehead atoms. The van der Waals surface area contributed by atoms with Gasteiger partial charge >= 0.3 is 0 Å². The Balaban J connectivity index is 3.14. The first-order chi connectivity index (χ1) is 7.01. The van der Waals surface area contributed by atoms with Crippen molar-refractivity contribution in [2.24, 2.45) is 0 Å². The largest absolute Gasteiger partial charge is 0.257 e. The van der Waals surface area contributed by atoms with E-state index in [0.29, 0.717) is 0 Å². The van der Waals surface area contributed by atoms with Gasteiger partial charge in [-0.15, -0.1) is 11.8 Å². The summed E-state index contributed by atoms with van der Waals surface area (Å²) in [7, 11) is 0. The lowest BCUT2D eigenvalue weighted by Crippen LogP contribution is -2.17. The first kappa shape index (κ1) is 12.0. The Labute approximate surface area is 94.9 Å². The highest BCUT2D eigenvalue weighted by Gasteiger charge is 2.22. The normalized spacial score (nSPS) is 11.1. The van der Waals surface area contributed by atoms with Crippen molar-refractivity contribution >= 4 is 11.8 Å². The minimum atomic E-state index is -0.566. The van der Waals surface area contributed by atoms with Crippen LogP contribution in [-0.2, 0) is 5.41 Å². The molecule has 0 radical (unpaired) electrons. The first-order valence-corrected chi connectivity index (χ1v) is 5.88. The number of hydrogen-bond acceptors (Lipinski definition) is 4. The van der Waals surface area contributed by atoms with Crippen molar-refractivity contribution in [3.05, 3.63) is 17.6 Å². The van der Waals surface area contributed by atoms with Crippen LogP contribution in [0.15, 0.2) is 11.2 Å². The molecule has 1 rings (SSSR count). The van der Waals surface area contributed by atoms with Gasteiger partial charge < -0.3 is 0 Å². The second-order valence-corrected chi connectivity index (χ2v) is 5.07. The summed E-state index contributed by atoms with van der Waals surface area (Å²) in [6, 6.07) is 2.23. The molecule has 0 atom stereocenters. The predicted molar refractivity (Wildman–Crippen MR) is 61.8 cm³/mol. The summed E-state index contributed by atoms with van der Waals surface area (Å²) in [5.41, 5.74) is 1.11. The molecule has 15 heavy (non-hydrogen) atoms. The molecule has 4 heteroatoms. The SMILES string of the molecule is CCSc1nc(C(C)(C)C#N)cnc1C. The topological polar surface area (TPSA) is 49.6 Å². The molecule has 0 aromatic carbocycles. The van der Waals surface area contributed by atoms with E-state index in [1.54, 1.807) is 18.0 Å². The maximum absolute atomic E-state index is 9.01. The molecule has 1 aromatic heterocycles. The summed E-state index contributed by atoms with van der Waals surface area (Å²) in [5.74, 6) is 0.964. The van der Waals surface area contributed by atoms with E-state index in [1.807, 2.05) is 20.8 Å². The van der Waals surface area contributed by atoms with Gasteiger partial charge in [-0.1, -0.05) is 6.92 Å². The lowest BCUT2D eigenvalue weighted by Gasteiger charge is -2.15. The van der Waals surface area contributed by atoms with E-state index in [-0.39, 0.29) is 0 Å². The fourth-order valence-corrected chi connectivity index (χ4v) is 1.76. The molecule has 1 aromatic rings. The predicted octanol–water partition coefficient (Wildman–Crippen LogP) is 2.70. The molecule has 3 nitrogen and oxygen atoms in total. The van der Waals surface area contributed by atoms with Crippen LogP contribution in [0, 0.1) is 18.3 Å².